The van der Waals surface area contributed by atoms with E-state index in [-0.39, 0.29) is 0 Å². The third kappa shape index (κ3) is 2.82. The van der Waals surface area contributed by atoms with Crippen LogP contribution >= 0.6 is 0 Å². The lowest BCUT2D eigenvalue weighted by atomic mass is 10.0. The first-order valence-electron chi connectivity index (χ1n) is 8.02. The number of nitriles is 1. The Morgan fingerprint density at radius 3 is 2.65 bits per heavy atom. The Kier molecular flexibility index (Phi) is 3.96. The van der Waals surface area contributed by atoms with Crippen molar-refractivity contribution in [2.24, 2.45) is 0 Å². The molecule has 0 saturated carbocycles. The average Bonchev–Trinajstić information content (AvgIpc) is 3.11. The van der Waals surface area contributed by atoms with Gasteiger partial charge >= 0.3 is 0 Å². The molecule has 2 heterocycles. The quantitative estimate of drug-likeness (QED) is 0.610. The van der Waals surface area contributed by atoms with Gasteiger partial charge in [0.1, 0.15) is 24.0 Å². The van der Waals surface area contributed by atoms with Gasteiger partial charge in [-0.3, -0.25) is 5.43 Å². The Morgan fingerprint density at radius 1 is 1.08 bits per heavy atom. The van der Waals surface area contributed by atoms with Crippen molar-refractivity contribution in [3.8, 4) is 22.9 Å². The summed E-state index contributed by atoms with van der Waals surface area (Å²) in [4.78, 5) is 8.70. The fourth-order valence-electron chi connectivity index (χ4n) is 2.79. The van der Waals surface area contributed by atoms with Crippen molar-refractivity contribution < 1.29 is 4.74 Å². The Morgan fingerprint density at radius 2 is 1.88 bits per heavy atom. The summed E-state index contributed by atoms with van der Waals surface area (Å²) >= 11 is 0. The van der Waals surface area contributed by atoms with Crippen LogP contribution in [-0.4, -0.2) is 21.8 Å². The van der Waals surface area contributed by atoms with E-state index in [1.807, 2.05) is 59.3 Å². The molecule has 4 aromatic rings. The molecule has 26 heavy (non-hydrogen) atoms. The zero-order valence-electron chi connectivity index (χ0n) is 14.0. The number of pyridine rings is 1. The largest absolute Gasteiger partial charge is 0.497 e. The summed E-state index contributed by atoms with van der Waals surface area (Å²) in [5.74, 6) is 1.39. The molecule has 0 atom stereocenters. The monoisotopic (exact) mass is 341 g/mol. The molecule has 0 spiro atoms. The Balaban J connectivity index is 1.73. The number of ether oxygens (including phenoxy) is 1. The number of imidazole rings is 1. The second-order valence-electron chi connectivity index (χ2n) is 5.67. The number of hydrogen-bond acceptors (Lipinski definition) is 5. The van der Waals surface area contributed by atoms with Crippen molar-refractivity contribution >= 4 is 16.9 Å². The van der Waals surface area contributed by atoms with Crippen LogP contribution in [0.1, 0.15) is 5.56 Å². The number of anilines is 1. The van der Waals surface area contributed by atoms with Crippen LogP contribution in [0.2, 0.25) is 0 Å². The summed E-state index contributed by atoms with van der Waals surface area (Å²) < 4.78 is 7.00. The van der Waals surface area contributed by atoms with Crippen LogP contribution in [0.15, 0.2) is 67.1 Å². The molecule has 2 aromatic carbocycles. The number of nitrogens with zero attached hydrogens (tertiary/aromatic N) is 4. The molecule has 0 saturated heterocycles. The van der Waals surface area contributed by atoms with Gasteiger partial charge in [-0.25, -0.2) is 14.6 Å². The van der Waals surface area contributed by atoms with Gasteiger partial charge in [-0.1, -0.05) is 24.3 Å². The molecule has 0 amide bonds. The zero-order chi connectivity index (χ0) is 17.9. The van der Waals surface area contributed by atoms with Crippen molar-refractivity contribution in [3.63, 3.8) is 0 Å². The summed E-state index contributed by atoms with van der Waals surface area (Å²) in [5.41, 5.74) is 7.29. The van der Waals surface area contributed by atoms with E-state index in [2.05, 4.69) is 21.5 Å². The maximum Gasteiger partial charge on any atom is 0.145 e. The summed E-state index contributed by atoms with van der Waals surface area (Å²) in [5, 5.41) is 9.42. The second-order valence-corrected chi connectivity index (χ2v) is 5.67. The molecule has 0 bridgehead atoms. The molecule has 6 nitrogen and oxygen atoms in total. The van der Waals surface area contributed by atoms with E-state index >= 15 is 0 Å². The van der Waals surface area contributed by atoms with Crippen LogP contribution < -0.4 is 10.2 Å². The molecule has 0 aliphatic heterocycles. The van der Waals surface area contributed by atoms with Gasteiger partial charge in [-0.2, -0.15) is 5.26 Å². The summed E-state index contributed by atoms with van der Waals surface area (Å²) in [6, 6.07) is 19.5. The van der Waals surface area contributed by atoms with Gasteiger partial charge < -0.3 is 4.74 Å². The van der Waals surface area contributed by atoms with E-state index in [9.17, 15) is 5.26 Å². The minimum atomic E-state index is 0.510. The minimum Gasteiger partial charge on any atom is -0.497 e. The molecular formula is C20H15N5O. The molecule has 4 rings (SSSR count). The van der Waals surface area contributed by atoms with Gasteiger partial charge in [0.15, 0.2) is 0 Å². The van der Waals surface area contributed by atoms with Crippen LogP contribution in [-0.2, 0) is 0 Å². The molecular weight excluding hydrogens is 326 g/mol. The van der Waals surface area contributed by atoms with Crippen molar-refractivity contribution in [3.05, 3.63) is 72.7 Å². The first-order chi connectivity index (χ1) is 12.8. The van der Waals surface area contributed by atoms with Crippen LogP contribution in [0.4, 0.5) is 5.82 Å². The van der Waals surface area contributed by atoms with E-state index in [0.717, 1.165) is 27.9 Å². The van der Waals surface area contributed by atoms with Crippen LogP contribution in [0, 0.1) is 11.3 Å². The topological polar surface area (TPSA) is 75.8 Å². The molecule has 6 heteroatoms. The number of para-hydroxylation sites is 2. The normalized spacial score (nSPS) is 10.5. The lowest BCUT2D eigenvalue weighted by molar-refractivity contribution is 0.415. The Labute approximate surface area is 150 Å². The second kappa shape index (κ2) is 6.57. The number of hydrogen-bond donors (Lipinski definition) is 1. The summed E-state index contributed by atoms with van der Waals surface area (Å²) in [6.45, 7) is 0. The molecule has 0 aliphatic rings. The molecule has 0 aliphatic carbocycles. The van der Waals surface area contributed by atoms with Crippen molar-refractivity contribution in [2.75, 3.05) is 12.5 Å². The Bertz CT molecular complexity index is 1110. The fourth-order valence-corrected chi connectivity index (χ4v) is 2.79. The van der Waals surface area contributed by atoms with Gasteiger partial charge in [0.25, 0.3) is 0 Å². The predicted octanol–water partition coefficient (Wildman–Crippen LogP) is 3.85. The smallest absolute Gasteiger partial charge is 0.145 e. The maximum absolute atomic E-state index is 9.42. The summed E-state index contributed by atoms with van der Waals surface area (Å²) in [7, 11) is 1.62. The van der Waals surface area contributed by atoms with Gasteiger partial charge in [0, 0.05) is 11.8 Å². The van der Waals surface area contributed by atoms with Gasteiger partial charge in [-0.05, 0) is 35.9 Å². The lowest BCUT2D eigenvalue weighted by Crippen LogP contribution is -2.09. The number of rotatable bonds is 4. The highest BCUT2D eigenvalue weighted by molar-refractivity contribution is 5.76. The first kappa shape index (κ1) is 15.7. The number of benzene rings is 2. The SMILES string of the molecule is COc1ccc(-c2cc(Nn3cnc4ccccc43)ncc2C#N)cc1. The molecule has 0 unspecified atom stereocenters. The van der Waals surface area contributed by atoms with E-state index in [4.69, 9.17) is 4.74 Å². The van der Waals surface area contributed by atoms with Gasteiger partial charge in [-0.15, -0.1) is 0 Å². The van der Waals surface area contributed by atoms with Crippen molar-refractivity contribution in [2.45, 2.75) is 0 Å². The van der Waals surface area contributed by atoms with E-state index in [1.165, 1.54) is 0 Å². The average molecular weight is 341 g/mol. The van der Waals surface area contributed by atoms with Crippen LogP contribution in [0.5, 0.6) is 5.75 Å². The lowest BCUT2D eigenvalue weighted by Gasteiger charge is -2.11. The highest BCUT2D eigenvalue weighted by Crippen LogP contribution is 2.27. The molecule has 2 aromatic heterocycles. The predicted molar refractivity (Wildman–Crippen MR) is 99.7 cm³/mol. The third-order valence-electron chi connectivity index (χ3n) is 4.11. The maximum atomic E-state index is 9.42. The van der Waals surface area contributed by atoms with E-state index in [1.54, 1.807) is 19.6 Å². The van der Waals surface area contributed by atoms with E-state index < -0.39 is 0 Å². The Hall–Kier alpha value is -3.85. The van der Waals surface area contributed by atoms with Gasteiger partial charge in [0.2, 0.25) is 0 Å². The third-order valence-corrected chi connectivity index (χ3v) is 4.11. The molecule has 126 valence electrons. The first-order valence-corrected chi connectivity index (χ1v) is 8.02. The van der Waals surface area contributed by atoms with E-state index in [0.29, 0.717) is 11.4 Å². The van der Waals surface area contributed by atoms with Crippen molar-refractivity contribution in [1.29, 1.82) is 5.26 Å². The van der Waals surface area contributed by atoms with Crippen LogP contribution in [0.25, 0.3) is 22.2 Å². The van der Waals surface area contributed by atoms with Gasteiger partial charge in [0.05, 0.1) is 23.7 Å². The zero-order valence-corrected chi connectivity index (χ0v) is 14.0. The van der Waals surface area contributed by atoms with Crippen molar-refractivity contribution in [1.82, 2.24) is 14.6 Å². The molecule has 1 N–H and O–H groups in total. The summed E-state index contributed by atoms with van der Waals surface area (Å²) in [6.07, 6.45) is 3.28. The highest BCUT2D eigenvalue weighted by Gasteiger charge is 2.09. The minimum absolute atomic E-state index is 0.510. The number of methoxy groups -OCH3 is 1. The van der Waals surface area contributed by atoms with Crippen LogP contribution in [0.3, 0.4) is 0 Å². The molecule has 0 fully saturated rings. The fraction of sp³-hybridized carbons (Fsp3) is 0.0500. The highest BCUT2D eigenvalue weighted by atomic mass is 16.5. The number of aromatic nitrogens is 3. The number of nitrogens with one attached hydrogen (secondary N) is 1. The standard InChI is InChI=1S/C20H15N5O/c1-26-16-8-6-14(7-9-16)17-10-20(22-12-15(17)11-21)24-25-13-23-18-4-2-3-5-19(18)25/h2-10,12-13H,1H3,(H,22,24). The number of fused-ring (bicyclic) bond motifs is 1. The molecule has 0 radical (unpaired) electrons.